The van der Waals surface area contributed by atoms with Crippen molar-refractivity contribution in [2.45, 2.75) is 50.3 Å². The van der Waals surface area contributed by atoms with E-state index < -0.39 is 55.5 Å². The molecule has 158 valence electrons. The van der Waals surface area contributed by atoms with Crippen LogP contribution in [0.15, 0.2) is 23.0 Å². The topological polar surface area (TPSA) is 155 Å². The molecule has 2 heterocycles. The second kappa shape index (κ2) is 8.46. The Morgan fingerprint density at radius 1 is 1.18 bits per heavy atom. The first-order chi connectivity index (χ1) is 13.3. The van der Waals surface area contributed by atoms with Crippen LogP contribution in [0, 0.1) is 11.8 Å². The van der Waals surface area contributed by atoms with Gasteiger partial charge in [-0.15, -0.1) is 0 Å². The van der Waals surface area contributed by atoms with Crippen LogP contribution >= 0.6 is 0 Å². The minimum absolute atomic E-state index is 0.271. The lowest BCUT2D eigenvalue weighted by molar-refractivity contribution is -0.341. The number of rotatable bonds is 5. The molecular formula is C18H26O10. The lowest BCUT2D eigenvalue weighted by atomic mass is 9.82. The third-order valence-electron chi connectivity index (χ3n) is 5.54. The molecule has 8 atom stereocenters. The number of hydrogen-bond acceptors (Lipinski definition) is 10. The van der Waals surface area contributed by atoms with Gasteiger partial charge in [-0.2, -0.15) is 0 Å². The number of aliphatic hydroxyl groups excluding tert-OH is 5. The van der Waals surface area contributed by atoms with E-state index in [0.717, 1.165) is 0 Å². The molecule has 1 fully saturated rings. The Morgan fingerprint density at radius 2 is 1.89 bits per heavy atom. The summed E-state index contributed by atoms with van der Waals surface area (Å²) in [5.41, 5.74) is 0.953. The predicted octanol–water partition coefficient (Wildman–Crippen LogP) is -1.84. The molecule has 0 spiro atoms. The number of aliphatic hydroxyl groups is 5. The summed E-state index contributed by atoms with van der Waals surface area (Å²) in [4.78, 5) is 12.2. The number of esters is 1. The number of hydrogen-bond donors (Lipinski definition) is 5. The fourth-order valence-corrected chi connectivity index (χ4v) is 4.05. The molecule has 2 unspecified atom stereocenters. The molecule has 1 saturated heterocycles. The summed E-state index contributed by atoms with van der Waals surface area (Å²) in [7, 11) is 1.27. The molecule has 0 aromatic rings. The number of ether oxygens (including phenoxy) is 4. The molecule has 3 aliphatic rings. The molecular weight excluding hydrogens is 376 g/mol. The van der Waals surface area contributed by atoms with E-state index in [1.54, 1.807) is 13.0 Å². The highest BCUT2D eigenvalue weighted by Gasteiger charge is 2.50. The largest absolute Gasteiger partial charge is 0.468 e. The third kappa shape index (κ3) is 3.57. The first-order valence-electron chi connectivity index (χ1n) is 9.05. The van der Waals surface area contributed by atoms with Gasteiger partial charge in [-0.05, 0) is 18.9 Å². The maximum Gasteiger partial charge on any atom is 0.337 e. The molecule has 1 aliphatic carbocycles. The van der Waals surface area contributed by atoms with E-state index in [1.807, 2.05) is 0 Å². The Balaban J connectivity index is 1.86. The minimum atomic E-state index is -1.59. The number of methoxy groups -OCH3 is 1. The average Bonchev–Trinajstić information content (AvgIpc) is 3.11. The summed E-state index contributed by atoms with van der Waals surface area (Å²) < 4.78 is 21.7. The van der Waals surface area contributed by atoms with E-state index in [0.29, 0.717) is 17.6 Å². The Labute approximate surface area is 161 Å². The van der Waals surface area contributed by atoms with E-state index in [4.69, 9.17) is 18.9 Å². The van der Waals surface area contributed by atoms with Crippen molar-refractivity contribution in [2.75, 3.05) is 20.3 Å². The smallest absolute Gasteiger partial charge is 0.337 e. The molecule has 5 N–H and O–H groups in total. The molecule has 3 rings (SSSR count). The third-order valence-corrected chi connectivity index (χ3v) is 5.54. The Kier molecular flexibility index (Phi) is 6.40. The predicted molar refractivity (Wildman–Crippen MR) is 91.2 cm³/mol. The summed E-state index contributed by atoms with van der Waals surface area (Å²) in [6, 6.07) is 0. The average molecular weight is 402 g/mol. The van der Waals surface area contributed by atoms with Gasteiger partial charge >= 0.3 is 5.97 Å². The van der Waals surface area contributed by atoms with Crippen molar-refractivity contribution >= 4 is 5.97 Å². The number of carbonyl (C=O) groups is 1. The molecule has 10 nitrogen and oxygen atoms in total. The van der Waals surface area contributed by atoms with Crippen molar-refractivity contribution in [3.05, 3.63) is 23.0 Å². The van der Waals surface area contributed by atoms with Gasteiger partial charge in [0.2, 0.25) is 6.29 Å². The second-order valence-corrected chi connectivity index (χ2v) is 7.09. The van der Waals surface area contributed by atoms with Crippen molar-refractivity contribution in [1.29, 1.82) is 0 Å². The van der Waals surface area contributed by atoms with Crippen LogP contribution in [0.2, 0.25) is 0 Å². The first-order valence-corrected chi connectivity index (χ1v) is 9.05. The van der Waals surface area contributed by atoms with Crippen LogP contribution in [0.1, 0.15) is 13.3 Å². The van der Waals surface area contributed by atoms with E-state index in [2.05, 4.69) is 0 Å². The maximum atomic E-state index is 12.2. The molecule has 0 saturated carbocycles. The zero-order valence-electron chi connectivity index (χ0n) is 15.6. The van der Waals surface area contributed by atoms with Crippen LogP contribution in [0.5, 0.6) is 0 Å². The SMILES string of the molecule is COC(=O)C1=C(C)O[C@@H](O[C@@H]2O[C@H](CO)[C@@H](O)[C@H](O)[C@H]2O)C2C(CO)=CCC12. The van der Waals surface area contributed by atoms with Gasteiger partial charge in [-0.1, -0.05) is 6.08 Å². The quantitative estimate of drug-likeness (QED) is 0.262. The van der Waals surface area contributed by atoms with E-state index in [-0.39, 0.29) is 18.3 Å². The van der Waals surface area contributed by atoms with Crippen molar-refractivity contribution in [2.24, 2.45) is 11.8 Å². The van der Waals surface area contributed by atoms with Crippen molar-refractivity contribution in [3.8, 4) is 0 Å². The fourth-order valence-electron chi connectivity index (χ4n) is 4.05. The number of fused-ring (bicyclic) bond motifs is 1. The summed E-state index contributed by atoms with van der Waals surface area (Å²) >= 11 is 0. The van der Waals surface area contributed by atoms with E-state index >= 15 is 0 Å². The molecule has 2 aliphatic heterocycles. The number of carbonyl (C=O) groups excluding carboxylic acids is 1. The molecule has 0 bridgehead atoms. The molecule has 0 amide bonds. The van der Waals surface area contributed by atoms with Gasteiger partial charge in [-0.25, -0.2) is 4.79 Å². The van der Waals surface area contributed by atoms with Crippen LogP contribution in [-0.4, -0.2) is 88.8 Å². The molecule has 0 aromatic heterocycles. The highest BCUT2D eigenvalue weighted by atomic mass is 16.8. The van der Waals surface area contributed by atoms with Crippen LogP contribution in [0.4, 0.5) is 0 Å². The van der Waals surface area contributed by atoms with Gasteiger partial charge in [0, 0.05) is 5.92 Å². The van der Waals surface area contributed by atoms with Crippen LogP contribution in [0.3, 0.4) is 0 Å². The van der Waals surface area contributed by atoms with Gasteiger partial charge < -0.3 is 44.5 Å². The van der Waals surface area contributed by atoms with Gasteiger partial charge in [0.15, 0.2) is 6.29 Å². The molecule has 0 aromatic carbocycles. The van der Waals surface area contributed by atoms with Crippen LogP contribution in [0.25, 0.3) is 0 Å². The first kappa shape index (κ1) is 21.2. The van der Waals surface area contributed by atoms with Gasteiger partial charge in [0.25, 0.3) is 0 Å². The summed E-state index contributed by atoms with van der Waals surface area (Å²) in [5.74, 6) is -1.13. The second-order valence-electron chi connectivity index (χ2n) is 7.09. The Hall–Kier alpha value is -1.53. The van der Waals surface area contributed by atoms with Crippen molar-refractivity contribution in [3.63, 3.8) is 0 Å². The van der Waals surface area contributed by atoms with Crippen molar-refractivity contribution < 1.29 is 49.3 Å². The van der Waals surface area contributed by atoms with Gasteiger partial charge in [0.05, 0.1) is 31.8 Å². The standard InChI is InChI=1S/C18H26O10/c1-7-11(16(24)25-2)9-4-3-8(5-19)12(9)17(26-7)28-18-15(23)14(22)13(21)10(6-20)27-18/h3,9-10,12-15,17-23H,4-6H2,1-2H3/t9?,10-,12?,13-,14+,15-,17+,18+/m1/s1. The van der Waals surface area contributed by atoms with E-state index in [9.17, 15) is 30.3 Å². The molecule has 28 heavy (non-hydrogen) atoms. The number of allylic oxidation sites excluding steroid dienone is 2. The van der Waals surface area contributed by atoms with Crippen LogP contribution < -0.4 is 0 Å². The van der Waals surface area contributed by atoms with Crippen LogP contribution in [-0.2, 0) is 23.7 Å². The van der Waals surface area contributed by atoms with Gasteiger partial charge in [0.1, 0.15) is 30.2 Å². The Morgan fingerprint density at radius 3 is 2.50 bits per heavy atom. The minimum Gasteiger partial charge on any atom is -0.468 e. The zero-order chi connectivity index (χ0) is 20.6. The lowest BCUT2D eigenvalue weighted by Gasteiger charge is -2.43. The monoisotopic (exact) mass is 402 g/mol. The lowest BCUT2D eigenvalue weighted by Crippen LogP contribution is -2.60. The molecule has 10 heteroatoms. The summed E-state index contributed by atoms with van der Waals surface area (Å²) in [6.45, 7) is 0.727. The Bertz CT molecular complexity index is 657. The fraction of sp³-hybridized carbons (Fsp3) is 0.722. The zero-order valence-corrected chi connectivity index (χ0v) is 15.6. The van der Waals surface area contributed by atoms with E-state index in [1.165, 1.54) is 7.11 Å². The summed E-state index contributed by atoms with van der Waals surface area (Å²) in [6.07, 6.45) is -5.96. The highest BCUT2D eigenvalue weighted by molar-refractivity contribution is 5.90. The summed E-state index contributed by atoms with van der Waals surface area (Å²) in [5, 5.41) is 49.1. The highest BCUT2D eigenvalue weighted by Crippen LogP contribution is 2.46. The maximum absolute atomic E-state index is 12.2. The van der Waals surface area contributed by atoms with Crippen molar-refractivity contribution in [1.82, 2.24) is 0 Å². The normalized spacial score (nSPS) is 40.6. The molecule has 0 radical (unpaired) electrons. The van der Waals surface area contributed by atoms with Gasteiger partial charge in [-0.3, -0.25) is 0 Å².